The van der Waals surface area contributed by atoms with Gasteiger partial charge in [-0.25, -0.2) is 4.79 Å². The quantitative estimate of drug-likeness (QED) is 0.313. The van der Waals surface area contributed by atoms with E-state index in [1.165, 1.54) is 0 Å². The Kier molecular flexibility index (Phi) is 6.28. The van der Waals surface area contributed by atoms with E-state index in [-0.39, 0.29) is 5.91 Å². The maximum Gasteiger partial charge on any atom is 0.343 e. The third-order valence-electron chi connectivity index (χ3n) is 4.88. The van der Waals surface area contributed by atoms with Crippen LogP contribution < -0.4 is 14.8 Å². The highest BCUT2D eigenvalue weighted by molar-refractivity contribution is 6.04. The van der Waals surface area contributed by atoms with Crippen molar-refractivity contribution in [2.75, 3.05) is 12.4 Å². The van der Waals surface area contributed by atoms with E-state index in [1.807, 2.05) is 42.5 Å². The number of hydrogen-bond donors (Lipinski definition) is 1. The van der Waals surface area contributed by atoms with Gasteiger partial charge in [0.2, 0.25) is 0 Å². The monoisotopic (exact) mass is 423 g/mol. The molecule has 0 aliphatic carbocycles. The number of anilines is 1. The van der Waals surface area contributed by atoms with E-state index in [0.717, 1.165) is 11.1 Å². The first kappa shape index (κ1) is 20.9. The number of nitrogens with one attached hydrogen (secondary N) is 1. The first-order chi connectivity index (χ1) is 15.6. The Morgan fingerprint density at radius 3 is 2.00 bits per heavy atom. The van der Waals surface area contributed by atoms with Gasteiger partial charge in [0.15, 0.2) is 0 Å². The summed E-state index contributed by atoms with van der Waals surface area (Å²) < 4.78 is 10.6. The Hall–Kier alpha value is -4.38. The summed E-state index contributed by atoms with van der Waals surface area (Å²) in [6.45, 7) is 0. The van der Waals surface area contributed by atoms with Crippen molar-refractivity contribution in [1.82, 2.24) is 0 Å². The summed E-state index contributed by atoms with van der Waals surface area (Å²) in [7, 11) is 1.57. The van der Waals surface area contributed by atoms with Crippen molar-refractivity contribution in [2.24, 2.45) is 0 Å². The summed E-state index contributed by atoms with van der Waals surface area (Å²) in [6.07, 6.45) is 0. The lowest BCUT2D eigenvalue weighted by molar-refractivity contribution is 0.0735. The van der Waals surface area contributed by atoms with Crippen LogP contribution in [0.4, 0.5) is 5.69 Å². The first-order valence-corrected chi connectivity index (χ1v) is 10.1. The maximum absolute atomic E-state index is 12.6. The molecule has 0 fully saturated rings. The molecular weight excluding hydrogens is 402 g/mol. The molecule has 1 N–H and O–H groups in total. The number of amides is 1. The number of hydrogen-bond acceptors (Lipinski definition) is 4. The molecule has 4 aromatic rings. The van der Waals surface area contributed by atoms with Crippen molar-refractivity contribution >= 4 is 17.6 Å². The number of ether oxygens (including phenoxy) is 2. The molecule has 0 bridgehead atoms. The molecule has 5 nitrogen and oxygen atoms in total. The predicted octanol–water partition coefficient (Wildman–Crippen LogP) is 5.83. The van der Waals surface area contributed by atoms with Crippen LogP contribution in [0.25, 0.3) is 11.1 Å². The number of benzene rings is 4. The molecule has 1 amide bonds. The fourth-order valence-corrected chi connectivity index (χ4v) is 3.18. The summed E-state index contributed by atoms with van der Waals surface area (Å²) in [5.41, 5.74) is 3.55. The molecule has 0 saturated carbocycles. The van der Waals surface area contributed by atoms with Crippen molar-refractivity contribution in [2.45, 2.75) is 0 Å². The van der Waals surface area contributed by atoms with Gasteiger partial charge in [0.1, 0.15) is 11.5 Å². The zero-order chi connectivity index (χ0) is 22.3. The number of methoxy groups -OCH3 is 1. The van der Waals surface area contributed by atoms with Crippen LogP contribution >= 0.6 is 0 Å². The highest BCUT2D eigenvalue weighted by Gasteiger charge is 2.11. The van der Waals surface area contributed by atoms with Gasteiger partial charge in [0.05, 0.1) is 12.7 Å². The average molecular weight is 423 g/mol. The Morgan fingerprint density at radius 2 is 1.31 bits per heavy atom. The second kappa shape index (κ2) is 9.62. The minimum atomic E-state index is -0.469. The molecule has 0 aromatic heterocycles. The van der Waals surface area contributed by atoms with Gasteiger partial charge in [-0.3, -0.25) is 4.79 Å². The van der Waals surface area contributed by atoms with E-state index in [4.69, 9.17) is 9.47 Å². The lowest BCUT2D eigenvalue weighted by Crippen LogP contribution is -2.12. The minimum Gasteiger partial charge on any atom is -0.497 e. The molecule has 158 valence electrons. The molecule has 0 saturated heterocycles. The van der Waals surface area contributed by atoms with E-state index < -0.39 is 5.97 Å². The number of carbonyl (C=O) groups excluding carboxylic acids is 2. The van der Waals surface area contributed by atoms with Crippen molar-refractivity contribution < 1.29 is 19.1 Å². The van der Waals surface area contributed by atoms with Crippen LogP contribution in [-0.2, 0) is 0 Å². The maximum atomic E-state index is 12.6. The molecular formula is C27H21NO4. The minimum absolute atomic E-state index is 0.271. The van der Waals surface area contributed by atoms with E-state index in [0.29, 0.717) is 28.3 Å². The highest BCUT2D eigenvalue weighted by Crippen LogP contribution is 2.22. The zero-order valence-electron chi connectivity index (χ0n) is 17.4. The largest absolute Gasteiger partial charge is 0.497 e. The van der Waals surface area contributed by atoms with E-state index in [9.17, 15) is 9.59 Å². The highest BCUT2D eigenvalue weighted by atomic mass is 16.5. The van der Waals surface area contributed by atoms with Crippen molar-refractivity contribution in [3.8, 4) is 22.6 Å². The third kappa shape index (κ3) is 5.02. The van der Waals surface area contributed by atoms with Crippen LogP contribution in [-0.4, -0.2) is 19.0 Å². The second-order valence-corrected chi connectivity index (χ2v) is 7.04. The van der Waals surface area contributed by atoms with Crippen LogP contribution in [0.15, 0.2) is 103 Å². The SMILES string of the molecule is COc1ccc(C(=O)Nc2cccc(OC(=O)c3ccc(-c4ccccc4)cc3)c2)cc1. The molecule has 0 spiro atoms. The zero-order valence-corrected chi connectivity index (χ0v) is 17.4. The second-order valence-electron chi connectivity index (χ2n) is 7.04. The Labute approximate surface area is 186 Å². The molecule has 0 unspecified atom stereocenters. The number of carbonyl (C=O) groups is 2. The fraction of sp³-hybridized carbons (Fsp3) is 0.0370. The predicted molar refractivity (Wildman–Crippen MR) is 124 cm³/mol. The van der Waals surface area contributed by atoms with Gasteiger partial charge in [-0.2, -0.15) is 0 Å². The van der Waals surface area contributed by atoms with Crippen LogP contribution in [0.1, 0.15) is 20.7 Å². The van der Waals surface area contributed by atoms with Crippen LogP contribution in [0.3, 0.4) is 0 Å². The van der Waals surface area contributed by atoms with Gasteiger partial charge in [0, 0.05) is 17.3 Å². The Morgan fingerprint density at radius 1 is 0.656 bits per heavy atom. The molecule has 0 radical (unpaired) electrons. The molecule has 0 heterocycles. The Bertz CT molecular complexity index is 1220. The summed E-state index contributed by atoms with van der Waals surface area (Å²) in [5, 5.41) is 2.80. The molecule has 0 atom stereocenters. The normalized spacial score (nSPS) is 10.3. The first-order valence-electron chi connectivity index (χ1n) is 10.1. The lowest BCUT2D eigenvalue weighted by Gasteiger charge is -2.09. The fourth-order valence-electron chi connectivity index (χ4n) is 3.18. The molecule has 4 rings (SSSR count). The van der Waals surface area contributed by atoms with E-state index in [2.05, 4.69) is 5.32 Å². The number of rotatable bonds is 6. The average Bonchev–Trinajstić information content (AvgIpc) is 2.85. The van der Waals surface area contributed by atoms with Crippen molar-refractivity contribution in [3.63, 3.8) is 0 Å². The lowest BCUT2D eigenvalue weighted by atomic mass is 10.0. The van der Waals surface area contributed by atoms with Crippen LogP contribution in [0.5, 0.6) is 11.5 Å². The van der Waals surface area contributed by atoms with E-state index in [1.54, 1.807) is 67.8 Å². The van der Waals surface area contributed by atoms with Gasteiger partial charge >= 0.3 is 5.97 Å². The van der Waals surface area contributed by atoms with Gasteiger partial charge in [-0.15, -0.1) is 0 Å². The molecule has 0 aliphatic heterocycles. The third-order valence-corrected chi connectivity index (χ3v) is 4.88. The van der Waals surface area contributed by atoms with Crippen molar-refractivity contribution in [1.29, 1.82) is 0 Å². The summed E-state index contributed by atoms with van der Waals surface area (Å²) in [4.78, 5) is 25.0. The molecule has 4 aromatic carbocycles. The van der Waals surface area contributed by atoms with Crippen LogP contribution in [0, 0.1) is 0 Å². The molecule has 0 aliphatic rings. The summed E-state index contributed by atoms with van der Waals surface area (Å²) >= 11 is 0. The topological polar surface area (TPSA) is 64.6 Å². The van der Waals surface area contributed by atoms with Gasteiger partial charge in [-0.1, -0.05) is 48.5 Å². The molecule has 5 heteroatoms. The van der Waals surface area contributed by atoms with Gasteiger partial charge in [0.25, 0.3) is 5.91 Å². The van der Waals surface area contributed by atoms with Crippen LogP contribution in [0.2, 0.25) is 0 Å². The summed E-state index contributed by atoms with van der Waals surface area (Å²) in [6, 6.07) is 30.7. The number of esters is 1. The van der Waals surface area contributed by atoms with Gasteiger partial charge < -0.3 is 14.8 Å². The summed E-state index contributed by atoms with van der Waals surface area (Å²) in [5.74, 6) is 0.276. The standard InChI is InChI=1S/C27H21NO4/c1-31-24-16-14-21(15-17-24)26(29)28-23-8-5-9-25(18-23)32-27(30)22-12-10-20(11-13-22)19-6-3-2-4-7-19/h2-18H,1H3,(H,28,29). The van der Waals surface area contributed by atoms with E-state index >= 15 is 0 Å². The molecule has 32 heavy (non-hydrogen) atoms. The van der Waals surface area contributed by atoms with Gasteiger partial charge in [-0.05, 0) is 59.7 Å². The smallest absolute Gasteiger partial charge is 0.343 e. The Balaban J connectivity index is 1.42. The van der Waals surface area contributed by atoms with Crippen molar-refractivity contribution in [3.05, 3.63) is 114 Å².